The number of benzene rings is 1. The molecule has 1 heterocycles. The van der Waals surface area contributed by atoms with Crippen molar-refractivity contribution in [3.63, 3.8) is 0 Å². The number of ether oxygens (including phenoxy) is 2. The standard InChI is InChI=1S/C19H30FN3O2.HI/c1-3-21-19(23(2)13-16-6-4-7-18(20)12-16)22-9-5-10-24-14-17-8-11-25-15-17;/h4,6-7,12,17H,3,5,8-11,13-15H2,1-2H3,(H,21,22);1H. The molecule has 1 fully saturated rings. The van der Waals surface area contributed by atoms with E-state index in [1.165, 1.54) is 6.07 Å². The average molecular weight is 479 g/mol. The van der Waals surface area contributed by atoms with Crippen molar-refractivity contribution < 1.29 is 13.9 Å². The molecule has 1 atom stereocenters. The van der Waals surface area contributed by atoms with Crippen LogP contribution in [0.2, 0.25) is 0 Å². The molecular weight excluding hydrogens is 448 g/mol. The molecule has 7 heteroatoms. The first-order valence-corrected chi connectivity index (χ1v) is 9.08. The molecular formula is C19H31FIN3O2. The SMILES string of the molecule is CCNC(=NCCCOCC1CCOC1)N(C)Cc1cccc(F)c1.I. The summed E-state index contributed by atoms with van der Waals surface area (Å²) in [7, 11) is 1.96. The Morgan fingerprint density at radius 1 is 1.46 bits per heavy atom. The van der Waals surface area contributed by atoms with Crippen LogP contribution < -0.4 is 5.32 Å². The number of hydrogen-bond acceptors (Lipinski definition) is 3. The molecule has 0 bridgehead atoms. The topological polar surface area (TPSA) is 46.1 Å². The van der Waals surface area contributed by atoms with E-state index in [0.29, 0.717) is 25.6 Å². The quantitative estimate of drug-likeness (QED) is 0.256. The van der Waals surface area contributed by atoms with Crippen LogP contribution in [-0.2, 0) is 16.0 Å². The average Bonchev–Trinajstić information content (AvgIpc) is 3.10. The highest BCUT2D eigenvalue weighted by Gasteiger charge is 2.15. The van der Waals surface area contributed by atoms with Crippen LogP contribution in [0.5, 0.6) is 0 Å². The number of hydrogen-bond donors (Lipinski definition) is 1. The molecule has 0 aromatic heterocycles. The number of aliphatic imine (C=N–C) groups is 1. The van der Waals surface area contributed by atoms with Gasteiger partial charge in [-0.25, -0.2) is 4.39 Å². The molecule has 1 saturated heterocycles. The van der Waals surface area contributed by atoms with Crippen LogP contribution in [0.1, 0.15) is 25.3 Å². The van der Waals surface area contributed by atoms with Crippen LogP contribution in [0.15, 0.2) is 29.3 Å². The number of guanidine groups is 1. The van der Waals surface area contributed by atoms with Gasteiger partial charge in [-0.05, 0) is 37.5 Å². The smallest absolute Gasteiger partial charge is 0.193 e. The van der Waals surface area contributed by atoms with Gasteiger partial charge in [-0.2, -0.15) is 0 Å². The maximum Gasteiger partial charge on any atom is 0.193 e. The lowest BCUT2D eigenvalue weighted by atomic mass is 10.1. The number of rotatable bonds is 9. The summed E-state index contributed by atoms with van der Waals surface area (Å²) in [6.07, 6.45) is 1.99. The van der Waals surface area contributed by atoms with E-state index in [-0.39, 0.29) is 29.8 Å². The van der Waals surface area contributed by atoms with Crippen LogP contribution in [0.25, 0.3) is 0 Å². The maximum absolute atomic E-state index is 13.3. The van der Waals surface area contributed by atoms with Gasteiger partial charge in [-0.3, -0.25) is 4.99 Å². The third kappa shape index (κ3) is 8.64. The Labute approximate surface area is 173 Å². The van der Waals surface area contributed by atoms with E-state index in [9.17, 15) is 4.39 Å². The highest BCUT2D eigenvalue weighted by atomic mass is 127. The van der Waals surface area contributed by atoms with Crippen LogP contribution in [0, 0.1) is 11.7 Å². The first-order chi connectivity index (χ1) is 12.2. The van der Waals surface area contributed by atoms with Gasteiger partial charge in [0.25, 0.3) is 0 Å². The van der Waals surface area contributed by atoms with Gasteiger partial charge in [0, 0.05) is 45.8 Å². The summed E-state index contributed by atoms with van der Waals surface area (Å²) >= 11 is 0. The van der Waals surface area contributed by atoms with Crippen molar-refractivity contribution in [3.8, 4) is 0 Å². The van der Waals surface area contributed by atoms with Crippen LogP contribution in [-0.4, -0.2) is 57.4 Å². The minimum Gasteiger partial charge on any atom is -0.381 e. The van der Waals surface area contributed by atoms with E-state index in [0.717, 1.165) is 50.7 Å². The first-order valence-electron chi connectivity index (χ1n) is 9.08. The van der Waals surface area contributed by atoms with Crippen molar-refractivity contribution >= 4 is 29.9 Å². The Kier molecular flexibility index (Phi) is 11.8. The van der Waals surface area contributed by atoms with E-state index >= 15 is 0 Å². The molecule has 1 unspecified atom stereocenters. The van der Waals surface area contributed by atoms with Crippen molar-refractivity contribution in [1.82, 2.24) is 10.2 Å². The fourth-order valence-corrected chi connectivity index (χ4v) is 2.77. The highest BCUT2D eigenvalue weighted by Crippen LogP contribution is 2.12. The van der Waals surface area contributed by atoms with Crippen LogP contribution in [0.4, 0.5) is 4.39 Å². The van der Waals surface area contributed by atoms with E-state index < -0.39 is 0 Å². The van der Waals surface area contributed by atoms with Crippen LogP contribution in [0.3, 0.4) is 0 Å². The summed E-state index contributed by atoms with van der Waals surface area (Å²) in [5.74, 6) is 1.17. The van der Waals surface area contributed by atoms with Crippen molar-refractivity contribution in [2.45, 2.75) is 26.3 Å². The normalized spacial score (nSPS) is 17.0. The van der Waals surface area contributed by atoms with Crippen LogP contribution >= 0.6 is 24.0 Å². The molecule has 0 amide bonds. The van der Waals surface area contributed by atoms with E-state index in [1.807, 2.05) is 24.9 Å². The summed E-state index contributed by atoms with van der Waals surface area (Å²) in [6.45, 7) is 7.34. The minimum absolute atomic E-state index is 0. The molecule has 1 N–H and O–H groups in total. The van der Waals surface area contributed by atoms with Gasteiger partial charge in [0.1, 0.15) is 5.82 Å². The van der Waals surface area contributed by atoms with E-state index in [4.69, 9.17) is 9.47 Å². The third-order valence-electron chi connectivity index (χ3n) is 4.09. The van der Waals surface area contributed by atoms with Crippen molar-refractivity contribution in [2.24, 2.45) is 10.9 Å². The van der Waals surface area contributed by atoms with Gasteiger partial charge in [-0.15, -0.1) is 24.0 Å². The second-order valence-electron chi connectivity index (χ2n) is 6.38. The summed E-state index contributed by atoms with van der Waals surface area (Å²) in [5, 5.41) is 3.28. The lowest BCUT2D eigenvalue weighted by Gasteiger charge is -2.22. The fourth-order valence-electron chi connectivity index (χ4n) is 2.77. The molecule has 1 aromatic carbocycles. The molecule has 1 aliphatic heterocycles. The van der Waals surface area contributed by atoms with Gasteiger partial charge in [-0.1, -0.05) is 12.1 Å². The molecule has 5 nitrogen and oxygen atoms in total. The second-order valence-corrected chi connectivity index (χ2v) is 6.38. The summed E-state index contributed by atoms with van der Waals surface area (Å²) < 4.78 is 24.4. The summed E-state index contributed by atoms with van der Waals surface area (Å²) in [6, 6.07) is 6.67. The van der Waals surface area contributed by atoms with Gasteiger partial charge >= 0.3 is 0 Å². The number of halogens is 2. The monoisotopic (exact) mass is 479 g/mol. The Morgan fingerprint density at radius 2 is 2.31 bits per heavy atom. The van der Waals surface area contributed by atoms with Gasteiger partial charge < -0.3 is 19.7 Å². The van der Waals surface area contributed by atoms with Gasteiger partial charge in [0.15, 0.2) is 5.96 Å². The number of nitrogens with one attached hydrogen (secondary N) is 1. The molecule has 148 valence electrons. The molecule has 0 aliphatic carbocycles. The molecule has 1 aromatic rings. The summed E-state index contributed by atoms with van der Waals surface area (Å²) in [4.78, 5) is 6.64. The zero-order valence-corrected chi connectivity index (χ0v) is 18.1. The summed E-state index contributed by atoms with van der Waals surface area (Å²) in [5.41, 5.74) is 0.926. The molecule has 0 radical (unpaired) electrons. The third-order valence-corrected chi connectivity index (χ3v) is 4.09. The van der Waals surface area contributed by atoms with Crippen molar-refractivity contribution in [3.05, 3.63) is 35.6 Å². The first kappa shape index (κ1) is 23.1. The Balaban J connectivity index is 0.00000338. The Hall–Kier alpha value is -0.930. The number of nitrogens with zero attached hydrogens (tertiary/aromatic N) is 2. The van der Waals surface area contributed by atoms with Crippen molar-refractivity contribution in [2.75, 3.05) is 46.6 Å². The molecule has 0 spiro atoms. The Morgan fingerprint density at radius 3 is 3.00 bits per heavy atom. The minimum atomic E-state index is -0.211. The maximum atomic E-state index is 13.3. The van der Waals surface area contributed by atoms with Gasteiger partial charge in [0.05, 0.1) is 13.2 Å². The zero-order chi connectivity index (χ0) is 17.9. The fraction of sp³-hybridized carbons (Fsp3) is 0.632. The molecule has 26 heavy (non-hydrogen) atoms. The zero-order valence-electron chi connectivity index (χ0n) is 15.7. The van der Waals surface area contributed by atoms with Crippen molar-refractivity contribution in [1.29, 1.82) is 0 Å². The predicted octanol–water partition coefficient (Wildman–Crippen LogP) is 3.28. The predicted molar refractivity (Wildman–Crippen MR) is 114 cm³/mol. The highest BCUT2D eigenvalue weighted by molar-refractivity contribution is 14.0. The Bertz CT molecular complexity index is 539. The largest absolute Gasteiger partial charge is 0.381 e. The van der Waals surface area contributed by atoms with E-state index in [1.54, 1.807) is 12.1 Å². The lowest BCUT2D eigenvalue weighted by Crippen LogP contribution is -2.38. The van der Waals surface area contributed by atoms with Gasteiger partial charge in [0.2, 0.25) is 0 Å². The molecule has 1 aliphatic rings. The lowest BCUT2D eigenvalue weighted by molar-refractivity contribution is 0.0893. The molecule has 2 rings (SSSR count). The van der Waals surface area contributed by atoms with E-state index in [2.05, 4.69) is 10.3 Å². The molecule has 0 saturated carbocycles. The second kappa shape index (κ2) is 13.3.